The summed E-state index contributed by atoms with van der Waals surface area (Å²) in [5.41, 5.74) is 1.04. The van der Waals surface area contributed by atoms with Crippen LogP contribution >= 0.6 is 11.3 Å². The summed E-state index contributed by atoms with van der Waals surface area (Å²) < 4.78 is 26.8. The lowest BCUT2D eigenvalue weighted by Gasteiger charge is -2.08. The van der Waals surface area contributed by atoms with Crippen LogP contribution in [0.5, 0.6) is 0 Å². The molecule has 0 saturated heterocycles. The number of rotatable bonds is 5. The van der Waals surface area contributed by atoms with Gasteiger partial charge in [-0.2, -0.15) is 0 Å². The summed E-state index contributed by atoms with van der Waals surface area (Å²) in [6, 6.07) is 14.7. The lowest BCUT2D eigenvalue weighted by molar-refractivity contribution is 0.102. The predicted molar refractivity (Wildman–Crippen MR) is 93.8 cm³/mol. The highest BCUT2D eigenvalue weighted by atomic mass is 32.2. The number of aromatic nitrogens is 1. The minimum Gasteiger partial charge on any atom is -0.322 e. The summed E-state index contributed by atoms with van der Waals surface area (Å²) in [6.45, 7) is 0. The zero-order valence-electron chi connectivity index (χ0n) is 12.3. The number of thiazole rings is 1. The molecule has 6 nitrogen and oxygen atoms in total. The highest BCUT2D eigenvalue weighted by molar-refractivity contribution is 7.93. The second-order valence-corrected chi connectivity index (χ2v) is 7.36. The molecular formula is C16H13N3O3S2. The Balaban J connectivity index is 1.72. The van der Waals surface area contributed by atoms with Gasteiger partial charge in [0.2, 0.25) is 0 Å². The average Bonchev–Trinajstić information content (AvgIpc) is 3.08. The third-order valence-corrected chi connectivity index (χ3v) is 5.29. The Kier molecular flexibility index (Phi) is 4.59. The van der Waals surface area contributed by atoms with Gasteiger partial charge in [0.15, 0.2) is 5.13 Å². The zero-order valence-corrected chi connectivity index (χ0v) is 14.0. The van der Waals surface area contributed by atoms with Gasteiger partial charge in [0.25, 0.3) is 15.9 Å². The fraction of sp³-hybridized carbons (Fsp3) is 0. The summed E-state index contributed by atoms with van der Waals surface area (Å²) in [5.74, 6) is -0.257. The lowest BCUT2D eigenvalue weighted by Crippen LogP contribution is -2.14. The zero-order chi connectivity index (χ0) is 17.0. The molecule has 0 radical (unpaired) electrons. The predicted octanol–water partition coefficient (Wildman–Crippen LogP) is 3.20. The minimum absolute atomic E-state index is 0.0930. The van der Waals surface area contributed by atoms with Crippen LogP contribution in [0.15, 0.2) is 71.1 Å². The fourth-order valence-electron chi connectivity index (χ4n) is 1.96. The van der Waals surface area contributed by atoms with Crippen LogP contribution in [0.1, 0.15) is 10.4 Å². The molecule has 24 heavy (non-hydrogen) atoms. The molecule has 0 bridgehead atoms. The molecule has 8 heteroatoms. The van der Waals surface area contributed by atoms with Crippen LogP contribution in [0.3, 0.4) is 0 Å². The third kappa shape index (κ3) is 3.79. The van der Waals surface area contributed by atoms with Gasteiger partial charge in [0.1, 0.15) is 0 Å². The molecule has 1 aromatic heterocycles. The molecule has 0 spiro atoms. The highest BCUT2D eigenvalue weighted by Crippen LogP contribution is 2.19. The number of benzene rings is 2. The molecular weight excluding hydrogens is 346 g/mol. The van der Waals surface area contributed by atoms with Crippen molar-refractivity contribution in [3.8, 4) is 0 Å². The van der Waals surface area contributed by atoms with E-state index in [9.17, 15) is 13.2 Å². The van der Waals surface area contributed by atoms with Gasteiger partial charge in [-0.3, -0.25) is 9.52 Å². The van der Waals surface area contributed by atoms with Crippen molar-refractivity contribution < 1.29 is 13.2 Å². The van der Waals surface area contributed by atoms with Gasteiger partial charge in [0.05, 0.1) is 4.90 Å². The van der Waals surface area contributed by atoms with E-state index in [1.54, 1.807) is 29.6 Å². The van der Waals surface area contributed by atoms with Crippen molar-refractivity contribution in [1.82, 2.24) is 4.98 Å². The number of sulfonamides is 1. The number of anilines is 2. The first-order valence-corrected chi connectivity index (χ1v) is 9.30. The van der Waals surface area contributed by atoms with E-state index in [1.807, 2.05) is 6.07 Å². The Bertz CT molecular complexity index is 922. The van der Waals surface area contributed by atoms with E-state index in [1.165, 1.54) is 41.8 Å². The molecule has 122 valence electrons. The quantitative estimate of drug-likeness (QED) is 0.732. The van der Waals surface area contributed by atoms with Crippen molar-refractivity contribution in [1.29, 1.82) is 0 Å². The number of hydrogen-bond donors (Lipinski definition) is 2. The molecule has 1 heterocycles. The molecule has 0 atom stereocenters. The van der Waals surface area contributed by atoms with E-state index in [2.05, 4.69) is 15.0 Å². The number of hydrogen-bond acceptors (Lipinski definition) is 5. The molecule has 0 fully saturated rings. The van der Waals surface area contributed by atoms with Crippen LogP contribution in [0.2, 0.25) is 0 Å². The molecule has 0 aliphatic heterocycles. The van der Waals surface area contributed by atoms with E-state index in [-0.39, 0.29) is 10.8 Å². The van der Waals surface area contributed by atoms with Crippen molar-refractivity contribution >= 4 is 38.1 Å². The number of carbonyl (C=O) groups excluding carboxylic acids is 1. The molecule has 1 amide bonds. The normalized spacial score (nSPS) is 11.0. The van der Waals surface area contributed by atoms with E-state index in [4.69, 9.17) is 0 Å². The fourth-order valence-corrected chi connectivity index (χ4v) is 3.75. The minimum atomic E-state index is -3.70. The topological polar surface area (TPSA) is 88.2 Å². The Morgan fingerprint density at radius 1 is 1.00 bits per heavy atom. The number of carbonyl (C=O) groups is 1. The standard InChI is InChI=1S/C16H13N3O3S2/c20-15(12-4-2-1-3-5-12)18-13-6-8-14(9-7-13)24(21,22)19-16-17-10-11-23-16/h1-11H,(H,17,19)(H,18,20). The van der Waals surface area contributed by atoms with Crippen molar-refractivity contribution in [3.63, 3.8) is 0 Å². The summed E-state index contributed by atoms with van der Waals surface area (Å²) in [5, 5.41) is 4.70. The average molecular weight is 359 g/mol. The van der Waals surface area contributed by atoms with E-state index < -0.39 is 10.0 Å². The molecule has 3 aromatic rings. The maximum Gasteiger partial charge on any atom is 0.263 e. The molecule has 0 aliphatic rings. The maximum absolute atomic E-state index is 12.2. The van der Waals surface area contributed by atoms with Gasteiger partial charge in [0, 0.05) is 22.8 Å². The molecule has 3 rings (SSSR count). The lowest BCUT2D eigenvalue weighted by atomic mass is 10.2. The Morgan fingerprint density at radius 2 is 1.71 bits per heavy atom. The first-order chi connectivity index (χ1) is 11.5. The number of amides is 1. The monoisotopic (exact) mass is 359 g/mol. The SMILES string of the molecule is O=C(Nc1ccc(S(=O)(=O)Nc2nccs2)cc1)c1ccccc1. The van der Waals surface area contributed by atoms with Crippen LogP contribution in [0, 0.1) is 0 Å². The van der Waals surface area contributed by atoms with Gasteiger partial charge in [-0.15, -0.1) is 11.3 Å². The van der Waals surface area contributed by atoms with Crippen LogP contribution in [0.4, 0.5) is 10.8 Å². The first-order valence-electron chi connectivity index (χ1n) is 6.93. The van der Waals surface area contributed by atoms with Gasteiger partial charge in [-0.1, -0.05) is 18.2 Å². The second-order valence-electron chi connectivity index (χ2n) is 4.79. The van der Waals surface area contributed by atoms with E-state index in [0.717, 1.165) is 0 Å². The Labute approximate surface area is 143 Å². The summed E-state index contributed by atoms with van der Waals surface area (Å²) >= 11 is 1.20. The molecule has 2 aromatic carbocycles. The summed E-state index contributed by atoms with van der Waals surface area (Å²) in [4.78, 5) is 16.0. The van der Waals surface area contributed by atoms with Crippen molar-refractivity contribution in [2.75, 3.05) is 10.0 Å². The smallest absolute Gasteiger partial charge is 0.263 e. The Hall–Kier alpha value is -2.71. The van der Waals surface area contributed by atoms with E-state index >= 15 is 0 Å². The highest BCUT2D eigenvalue weighted by Gasteiger charge is 2.15. The van der Waals surface area contributed by atoms with Crippen LogP contribution in [-0.2, 0) is 10.0 Å². The van der Waals surface area contributed by atoms with Gasteiger partial charge in [-0.05, 0) is 36.4 Å². The number of nitrogens with one attached hydrogen (secondary N) is 2. The molecule has 0 saturated carbocycles. The largest absolute Gasteiger partial charge is 0.322 e. The summed E-state index contributed by atoms with van der Waals surface area (Å²) in [6.07, 6.45) is 1.52. The Morgan fingerprint density at radius 3 is 2.33 bits per heavy atom. The molecule has 0 unspecified atom stereocenters. The van der Waals surface area contributed by atoms with Gasteiger partial charge >= 0.3 is 0 Å². The summed E-state index contributed by atoms with van der Waals surface area (Å²) in [7, 11) is -3.70. The van der Waals surface area contributed by atoms with Gasteiger partial charge in [-0.25, -0.2) is 13.4 Å². The first kappa shape index (κ1) is 16.2. The van der Waals surface area contributed by atoms with Crippen LogP contribution in [-0.4, -0.2) is 19.3 Å². The van der Waals surface area contributed by atoms with Crippen molar-refractivity contribution in [2.45, 2.75) is 4.90 Å². The van der Waals surface area contributed by atoms with Crippen molar-refractivity contribution in [3.05, 3.63) is 71.7 Å². The molecule has 2 N–H and O–H groups in total. The van der Waals surface area contributed by atoms with E-state index in [0.29, 0.717) is 16.4 Å². The van der Waals surface area contributed by atoms with Crippen LogP contribution in [0.25, 0.3) is 0 Å². The third-order valence-electron chi connectivity index (χ3n) is 3.11. The van der Waals surface area contributed by atoms with Crippen LogP contribution < -0.4 is 10.0 Å². The van der Waals surface area contributed by atoms with Crippen molar-refractivity contribution in [2.24, 2.45) is 0 Å². The number of nitrogens with zero attached hydrogens (tertiary/aromatic N) is 1. The second kappa shape index (κ2) is 6.81. The molecule has 0 aliphatic carbocycles. The maximum atomic E-state index is 12.2. The van der Waals surface area contributed by atoms with Gasteiger partial charge < -0.3 is 5.32 Å².